The molecule has 1 heterocycles. The highest BCUT2D eigenvalue weighted by Gasteiger charge is 2.17. The Morgan fingerprint density at radius 2 is 2.00 bits per heavy atom. The molecule has 1 N–H and O–H groups in total. The number of hydrogen-bond donors (Lipinski definition) is 1. The van der Waals surface area contributed by atoms with E-state index in [1.807, 2.05) is 43.3 Å². The van der Waals surface area contributed by atoms with Crippen molar-refractivity contribution in [3.63, 3.8) is 0 Å². The average Bonchev–Trinajstić information content (AvgIpc) is 2.83. The first kappa shape index (κ1) is 12.7. The number of aliphatic hydroxyl groups excluding tert-OH is 1. The number of ether oxygens (including phenoxy) is 1. The molecular formula is C16H15BrO2. The topological polar surface area (TPSA) is 29.5 Å². The number of hydrogen-bond acceptors (Lipinski definition) is 2. The van der Waals surface area contributed by atoms with Gasteiger partial charge < -0.3 is 9.84 Å². The molecule has 19 heavy (non-hydrogen) atoms. The van der Waals surface area contributed by atoms with E-state index in [1.165, 1.54) is 5.56 Å². The lowest BCUT2D eigenvalue weighted by Crippen LogP contribution is -2.00. The normalized spacial score (nSPS) is 14.9. The molecule has 0 amide bonds. The van der Waals surface area contributed by atoms with E-state index >= 15 is 0 Å². The number of aryl methyl sites for hydroxylation is 1. The third-order valence-electron chi connectivity index (χ3n) is 3.41. The molecule has 2 aromatic carbocycles. The lowest BCUT2D eigenvalue weighted by Gasteiger charge is -2.14. The highest BCUT2D eigenvalue weighted by Crippen LogP contribution is 2.31. The van der Waals surface area contributed by atoms with Crippen LogP contribution < -0.4 is 4.74 Å². The quantitative estimate of drug-likeness (QED) is 0.913. The third-order valence-corrected chi connectivity index (χ3v) is 3.87. The smallest absolute Gasteiger partial charge is 0.122 e. The van der Waals surface area contributed by atoms with Crippen molar-refractivity contribution in [2.24, 2.45) is 0 Å². The molecule has 0 fully saturated rings. The minimum Gasteiger partial charge on any atom is -0.493 e. The van der Waals surface area contributed by atoms with Crippen LogP contribution in [0.3, 0.4) is 0 Å². The summed E-state index contributed by atoms with van der Waals surface area (Å²) in [5.74, 6) is 0.946. The van der Waals surface area contributed by atoms with Gasteiger partial charge in [0.25, 0.3) is 0 Å². The van der Waals surface area contributed by atoms with E-state index in [0.717, 1.165) is 39.9 Å². The van der Waals surface area contributed by atoms with E-state index in [0.29, 0.717) is 0 Å². The van der Waals surface area contributed by atoms with Gasteiger partial charge in [-0.1, -0.05) is 28.1 Å². The number of aliphatic hydroxyl groups is 1. The Labute approximate surface area is 121 Å². The van der Waals surface area contributed by atoms with Crippen LogP contribution in [0.2, 0.25) is 0 Å². The van der Waals surface area contributed by atoms with Crippen molar-refractivity contribution in [1.29, 1.82) is 0 Å². The van der Waals surface area contributed by atoms with Gasteiger partial charge in [0.1, 0.15) is 11.9 Å². The summed E-state index contributed by atoms with van der Waals surface area (Å²) in [5.41, 5.74) is 4.14. The van der Waals surface area contributed by atoms with Gasteiger partial charge >= 0.3 is 0 Å². The molecule has 1 atom stereocenters. The summed E-state index contributed by atoms with van der Waals surface area (Å²) < 4.78 is 6.48. The minimum absolute atomic E-state index is 0.595. The number of fused-ring (bicyclic) bond motifs is 1. The standard InChI is InChI=1S/C16H15BrO2/c1-10-6-13(9-14(17)7-10)16(18)12-2-3-15-11(8-12)4-5-19-15/h2-3,6-9,16,18H,4-5H2,1H3. The second kappa shape index (κ2) is 4.99. The monoisotopic (exact) mass is 318 g/mol. The van der Waals surface area contributed by atoms with E-state index in [-0.39, 0.29) is 0 Å². The van der Waals surface area contributed by atoms with Gasteiger partial charge in [0, 0.05) is 10.9 Å². The molecule has 2 nitrogen and oxygen atoms in total. The van der Waals surface area contributed by atoms with Gasteiger partial charge in [-0.25, -0.2) is 0 Å². The van der Waals surface area contributed by atoms with E-state index in [1.54, 1.807) is 0 Å². The maximum Gasteiger partial charge on any atom is 0.122 e. The maximum absolute atomic E-state index is 10.5. The minimum atomic E-state index is -0.595. The van der Waals surface area contributed by atoms with Gasteiger partial charge in [0.15, 0.2) is 0 Å². The van der Waals surface area contributed by atoms with Crippen LogP contribution >= 0.6 is 15.9 Å². The summed E-state index contributed by atoms with van der Waals surface area (Å²) in [5, 5.41) is 10.5. The van der Waals surface area contributed by atoms with E-state index in [2.05, 4.69) is 15.9 Å². The first-order valence-corrected chi connectivity index (χ1v) is 7.13. The predicted octanol–water partition coefficient (Wildman–Crippen LogP) is 3.77. The van der Waals surface area contributed by atoms with Crippen LogP contribution in [0.4, 0.5) is 0 Å². The van der Waals surface area contributed by atoms with Crippen LogP contribution in [0.15, 0.2) is 40.9 Å². The summed E-state index contributed by atoms with van der Waals surface area (Å²) in [4.78, 5) is 0. The zero-order valence-electron chi connectivity index (χ0n) is 10.7. The zero-order chi connectivity index (χ0) is 13.4. The van der Waals surface area contributed by atoms with Crippen molar-refractivity contribution < 1.29 is 9.84 Å². The molecule has 2 aromatic rings. The molecule has 0 saturated carbocycles. The Hall–Kier alpha value is -1.32. The first-order valence-electron chi connectivity index (χ1n) is 6.34. The largest absolute Gasteiger partial charge is 0.493 e. The summed E-state index contributed by atoms with van der Waals surface area (Å²) in [6, 6.07) is 11.9. The first-order chi connectivity index (χ1) is 9.13. The molecule has 0 radical (unpaired) electrons. The molecule has 0 aliphatic carbocycles. The fraction of sp³-hybridized carbons (Fsp3) is 0.250. The highest BCUT2D eigenvalue weighted by atomic mass is 79.9. The molecule has 3 rings (SSSR count). The summed E-state index contributed by atoms with van der Waals surface area (Å²) >= 11 is 3.47. The van der Waals surface area contributed by atoms with Crippen LogP contribution in [0, 0.1) is 6.92 Å². The van der Waals surface area contributed by atoms with Crippen LogP contribution in [-0.4, -0.2) is 11.7 Å². The number of halogens is 1. The fourth-order valence-corrected chi connectivity index (χ4v) is 3.12. The van der Waals surface area contributed by atoms with E-state index in [9.17, 15) is 5.11 Å². The van der Waals surface area contributed by atoms with Crippen LogP contribution in [0.25, 0.3) is 0 Å². The maximum atomic E-state index is 10.5. The summed E-state index contributed by atoms with van der Waals surface area (Å²) in [6.45, 7) is 2.77. The Bertz CT molecular complexity index is 602. The Balaban J connectivity index is 1.97. The number of rotatable bonds is 2. The fourth-order valence-electron chi connectivity index (χ4n) is 2.49. The molecule has 0 saturated heterocycles. The van der Waals surface area contributed by atoms with Gasteiger partial charge in [0.05, 0.1) is 6.61 Å². The van der Waals surface area contributed by atoms with Gasteiger partial charge in [-0.05, 0) is 53.4 Å². The SMILES string of the molecule is Cc1cc(Br)cc(C(O)c2ccc3c(c2)CCO3)c1. The van der Waals surface area contributed by atoms with Crippen molar-refractivity contribution >= 4 is 15.9 Å². The molecule has 0 aromatic heterocycles. The molecule has 1 unspecified atom stereocenters. The van der Waals surface area contributed by atoms with Crippen molar-refractivity contribution in [2.75, 3.05) is 6.61 Å². The molecule has 98 valence electrons. The molecular weight excluding hydrogens is 304 g/mol. The lowest BCUT2D eigenvalue weighted by atomic mass is 9.98. The zero-order valence-corrected chi connectivity index (χ0v) is 12.3. The van der Waals surface area contributed by atoms with Crippen LogP contribution in [-0.2, 0) is 6.42 Å². The second-order valence-electron chi connectivity index (χ2n) is 4.93. The van der Waals surface area contributed by atoms with Crippen molar-refractivity contribution in [2.45, 2.75) is 19.4 Å². The van der Waals surface area contributed by atoms with Gasteiger partial charge in [-0.2, -0.15) is 0 Å². The van der Waals surface area contributed by atoms with Crippen LogP contribution in [0.5, 0.6) is 5.75 Å². The summed E-state index contributed by atoms with van der Waals surface area (Å²) in [6.07, 6.45) is 0.329. The Morgan fingerprint density at radius 3 is 2.79 bits per heavy atom. The third kappa shape index (κ3) is 2.53. The molecule has 3 heteroatoms. The summed E-state index contributed by atoms with van der Waals surface area (Å²) in [7, 11) is 0. The van der Waals surface area contributed by atoms with Crippen molar-refractivity contribution in [1.82, 2.24) is 0 Å². The molecule has 0 spiro atoms. The van der Waals surface area contributed by atoms with E-state index in [4.69, 9.17) is 4.74 Å². The second-order valence-corrected chi connectivity index (χ2v) is 5.85. The Kier molecular flexibility index (Phi) is 3.33. The van der Waals surface area contributed by atoms with Crippen LogP contribution in [0.1, 0.15) is 28.4 Å². The lowest BCUT2D eigenvalue weighted by molar-refractivity contribution is 0.220. The van der Waals surface area contributed by atoms with Gasteiger partial charge in [0.2, 0.25) is 0 Å². The highest BCUT2D eigenvalue weighted by molar-refractivity contribution is 9.10. The predicted molar refractivity (Wildman–Crippen MR) is 78.6 cm³/mol. The Morgan fingerprint density at radius 1 is 1.16 bits per heavy atom. The van der Waals surface area contributed by atoms with E-state index < -0.39 is 6.10 Å². The number of benzene rings is 2. The molecule has 0 bridgehead atoms. The van der Waals surface area contributed by atoms with Crippen molar-refractivity contribution in [3.05, 3.63) is 63.1 Å². The van der Waals surface area contributed by atoms with Crippen molar-refractivity contribution in [3.8, 4) is 5.75 Å². The van der Waals surface area contributed by atoms with Gasteiger partial charge in [-0.15, -0.1) is 0 Å². The molecule has 1 aliphatic rings. The molecule has 1 aliphatic heterocycles. The average molecular weight is 319 g/mol. The van der Waals surface area contributed by atoms with Gasteiger partial charge in [-0.3, -0.25) is 0 Å².